The van der Waals surface area contributed by atoms with Gasteiger partial charge in [-0.25, -0.2) is 4.39 Å². The zero-order chi connectivity index (χ0) is 17.1. The molecule has 0 fully saturated rings. The summed E-state index contributed by atoms with van der Waals surface area (Å²) in [5.74, 6) is 0.0345. The highest BCUT2D eigenvalue weighted by Crippen LogP contribution is 2.24. The van der Waals surface area contributed by atoms with E-state index in [2.05, 4.69) is 15.5 Å². The summed E-state index contributed by atoms with van der Waals surface area (Å²) in [6, 6.07) is 8.89. The molecule has 1 aromatic carbocycles. The fourth-order valence-corrected chi connectivity index (χ4v) is 2.46. The van der Waals surface area contributed by atoms with Crippen LogP contribution < -0.4 is 10.1 Å². The van der Waals surface area contributed by atoms with Gasteiger partial charge in [-0.3, -0.25) is 9.20 Å². The Balaban J connectivity index is 1.62. The first-order chi connectivity index (χ1) is 11.5. The number of hydrogen-bond donors (Lipinski definition) is 1. The Labute approximate surface area is 142 Å². The molecule has 1 atom stereocenters. The smallest absolute Gasteiger partial charge is 0.258 e. The van der Waals surface area contributed by atoms with Gasteiger partial charge in [-0.15, -0.1) is 10.2 Å². The average Bonchev–Trinajstić information content (AvgIpc) is 2.98. The maximum atomic E-state index is 13.0. The highest BCUT2D eigenvalue weighted by molar-refractivity contribution is 6.32. The fourth-order valence-electron chi connectivity index (χ4n) is 2.24. The van der Waals surface area contributed by atoms with Gasteiger partial charge in [0.1, 0.15) is 11.6 Å². The summed E-state index contributed by atoms with van der Waals surface area (Å²) < 4.78 is 20.1. The molecule has 0 saturated carbocycles. The van der Waals surface area contributed by atoms with Crippen molar-refractivity contribution in [3.8, 4) is 5.75 Å². The lowest BCUT2D eigenvalue weighted by Crippen LogP contribution is -2.32. The fraction of sp³-hybridized carbons (Fsp3) is 0.188. The Bertz CT molecular complexity index is 883. The molecule has 2 heterocycles. The van der Waals surface area contributed by atoms with Crippen molar-refractivity contribution in [3.05, 3.63) is 59.3 Å². The molecule has 0 aliphatic heterocycles. The van der Waals surface area contributed by atoms with Gasteiger partial charge < -0.3 is 10.1 Å². The summed E-state index contributed by atoms with van der Waals surface area (Å²) in [5.41, 5.74) is 0.697. The van der Waals surface area contributed by atoms with Crippen LogP contribution in [0.25, 0.3) is 5.65 Å². The molecule has 2 aromatic heterocycles. The van der Waals surface area contributed by atoms with E-state index in [0.29, 0.717) is 11.5 Å². The molecule has 0 saturated heterocycles. The number of aromatic nitrogens is 3. The van der Waals surface area contributed by atoms with Crippen molar-refractivity contribution in [1.82, 2.24) is 19.9 Å². The quantitative estimate of drug-likeness (QED) is 0.769. The summed E-state index contributed by atoms with van der Waals surface area (Å²) in [5, 5.41) is 11.0. The number of carbonyl (C=O) groups is 1. The molecule has 0 radical (unpaired) electrons. The Hall–Kier alpha value is -2.67. The number of fused-ring (bicyclic) bond motifs is 1. The number of benzene rings is 1. The molecular weight excluding hydrogens is 335 g/mol. The van der Waals surface area contributed by atoms with E-state index < -0.39 is 5.82 Å². The van der Waals surface area contributed by atoms with Gasteiger partial charge in [0.2, 0.25) is 0 Å². The Morgan fingerprint density at radius 3 is 3.00 bits per heavy atom. The molecule has 3 rings (SSSR count). The Morgan fingerprint density at radius 2 is 2.21 bits per heavy atom. The molecular formula is C16H14ClFN4O2. The van der Waals surface area contributed by atoms with Crippen molar-refractivity contribution in [2.45, 2.75) is 13.0 Å². The minimum atomic E-state index is -0.468. The highest BCUT2D eigenvalue weighted by Gasteiger charge is 2.16. The van der Waals surface area contributed by atoms with Crippen molar-refractivity contribution in [1.29, 1.82) is 0 Å². The first-order valence-corrected chi connectivity index (χ1v) is 7.59. The van der Waals surface area contributed by atoms with Crippen molar-refractivity contribution >= 4 is 23.2 Å². The first kappa shape index (κ1) is 16.2. The van der Waals surface area contributed by atoms with Crippen LogP contribution in [0.15, 0.2) is 42.6 Å². The summed E-state index contributed by atoms with van der Waals surface area (Å²) >= 11 is 5.85. The summed E-state index contributed by atoms with van der Waals surface area (Å²) in [6.07, 6.45) is 1.82. The van der Waals surface area contributed by atoms with E-state index in [0.717, 1.165) is 6.07 Å². The minimum Gasteiger partial charge on any atom is -0.482 e. The van der Waals surface area contributed by atoms with Gasteiger partial charge in [-0.1, -0.05) is 17.7 Å². The standard InChI is InChI=1S/C16H14ClFN4O2/c1-10(16-21-20-14-4-2-3-7-22(14)16)19-15(23)9-24-13-6-5-11(18)8-12(13)17/h2-8,10H,9H2,1H3,(H,19,23)/t10-/m0/s1. The van der Waals surface area contributed by atoms with Gasteiger partial charge in [0.25, 0.3) is 5.91 Å². The van der Waals surface area contributed by atoms with Gasteiger partial charge >= 0.3 is 0 Å². The lowest BCUT2D eigenvalue weighted by molar-refractivity contribution is -0.123. The number of nitrogens with one attached hydrogen (secondary N) is 1. The van der Waals surface area contributed by atoms with Crippen LogP contribution in [0.3, 0.4) is 0 Å². The number of ether oxygens (including phenoxy) is 1. The molecule has 8 heteroatoms. The van der Waals surface area contributed by atoms with Crippen LogP contribution in [0.5, 0.6) is 5.75 Å². The molecule has 0 bridgehead atoms. The van der Waals surface area contributed by atoms with E-state index in [-0.39, 0.29) is 29.3 Å². The molecule has 0 aliphatic carbocycles. The summed E-state index contributed by atoms with van der Waals surface area (Å²) in [4.78, 5) is 12.0. The molecule has 0 aliphatic rings. The van der Waals surface area contributed by atoms with Gasteiger partial charge in [0, 0.05) is 6.20 Å². The number of amides is 1. The number of hydrogen-bond acceptors (Lipinski definition) is 4. The van der Waals surface area contributed by atoms with E-state index in [1.165, 1.54) is 12.1 Å². The third kappa shape index (κ3) is 3.46. The molecule has 1 N–H and O–H groups in total. The second-order valence-electron chi connectivity index (χ2n) is 5.14. The van der Waals surface area contributed by atoms with Gasteiger partial charge in [0.15, 0.2) is 18.1 Å². The Kier molecular flexibility index (Phi) is 4.61. The molecule has 124 valence electrons. The average molecular weight is 349 g/mol. The number of rotatable bonds is 5. The lowest BCUT2D eigenvalue weighted by Gasteiger charge is -2.13. The van der Waals surface area contributed by atoms with Crippen molar-refractivity contribution in [2.75, 3.05) is 6.61 Å². The van der Waals surface area contributed by atoms with Crippen LogP contribution in [0, 0.1) is 5.82 Å². The molecule has 1 amide bonds. The zero-order valence-electron chi connectivity index (χ0n) is 12.7. The lowest BCUT2D eigenvalue weighted by atomic mass is 10.3. The van der Waals surface area contributed by atoms with Crippen LogP contribution in [-0.4, -0.2) is 27.1 Å². The molecule has 24 heavy (non-hydrogen) atoms. The highest BCUT2D eigenvalue weighted by atomic mass is 35.5. The van der Waals surface area contributed by atoms with Crippen molar-refractivity contribution < 1.29 is 13.9 Å². The van der Waals surface area contributed by atoms with E-state index in [9.17, 15) is 9.18 Å². The van der Waals surface area contributed by atoms with E-state index >= 15 is 0 Å². The second kappa shape index (κ2) is 6.84. The van der Waals surface area contributed by atoms with Crippen LogP contribution >= 0.6 is 11.6 Å². The molecule has 0 spiro atoms. The number of pyridine rings is 1. The normalized spacial score (nSPS) is 12.1. The maximum Gasteiger partial charge on any atom is 0.258 e. The van der Waals surface area contributed by atoms with Crippen LogP contribution in [0.2, 0.25) is 5.02 Å². The number of halogens is 2. The van der Waals surface area contributed by atoms with Crippen molar-refractivity contribution in [2.24, 2.45) is 0 Å². The maximum absolute atomic E-state index is 13.0. The third-order valence-corrected chi connectivity index (χ3v) is 3.65. The predicted molar refractivity (Wildman–Crippen MR) is 86.4 cm³/mol. The van der Waals surface area contributed by atoms with Crippen LogP contribution in [-0.2, 0) is 4.79 Å². The van der Waals surface area contributed by atoms with E-state index in [1.54, 1.807) is 11.3 Å². The topological polar surface area (TPSA) is 68.5 Å². The SMILES string of the molecule is C[C@H](NC(=O)COc1ccc(F)cc1Cl)c1nnc2ccccn12. The second-order valence-corrected chi connectivity index (χ2v) is 5.55. The Morgan fingerprint density at radius 1 is 1.38 bits per heavy atom. The molecule has 0 unspecified atom stereocenters. The monoisotopic (exact) mass is 348 g/mol. The van der Waals surface area contributed by atoms with Gasteiger partial charge in [0.05, 0.1) is 11.1 Å². The van der Waals surface area contributed by atoms with Crippen LogP contribution in [0.4, 0.5) is 4.39 Å². The molecule has 3 aromatic rings. The summed E-state index contributed by atoms with van der Waals surface area (Å²) in [6.45, 7) is 1.55. The predicted octanol–water partition coefficient (Wildman–Crippen LogP) is 2.78. The van der Waals surface area contributed by atoms with E-state index in [1.807, 2.05) is 24.4 Å². The molecule has 6 nitrogen and oxygen atoms in total. The van der Waals surface area contributed by atoms with Crippen LogP contribution in [0.1, 0.15) is 18.8 Å². The number of nitrogens with zero attached hydrogens (tertiary/aromatic N) is 3. The van der Waals surface area contributed by atoms with Gasteiger partial charge in [-0.2, -0.15) is 0 Å². The van der Waals surface area contributed by atoms with Gasteiger partial charge in [-0.05, 0) is 37.3 Å². The largest absolute Gasteiger partial charge is 0.482 e. The van der Waals surface area contributed by atoms with E-state index in [4.69, 9.17) is 16.3 Å². The number of carbonyl (C=O) groups excluding carboxylic acids is 1. The zero-order valence-corrected chi connectivity index (χ0v) is 13.5. The minimum absolute atomic E-state index is 0.110. The summed E-state index contributed by atoms with van der Waals surface area (Å²) in [7, 11) is 0. The van der Waals surface area contributed by atoms with Crippen molar-refractivity contribution in [3.63, 3.8) is 0 Å². The first-order valence-electron chi connectivity index (χ1n) is 7.21. The third-order valence-electron chi connectivity index (χ3n) is 3.36.